The molecule has 0 saturated carbocycles. The van der Waals surface area contributed by atoms with E-state index in [0.717, 1.165) is 0 Å². The molecule has 0 spiro atoms. The van der Waals surface area contributed by atoms with E-state index >= 15 is 0 Å². The summed E-state index contributed by atoms with van der Waals surface area (Å²) in [5, 5.41) is 2.09. The Balaban J connectivity index is 2.25. The van der Waals surface area contributed by atoms with E-state index in [2.05, 4.69) is 5.32 Å². The summed E-state index contributed by atoms with van der Waals surface area (Å²) < 4.78 is 4.85. The molecule has 1 heterocycles. The number of nitrogens with one attached hydrogen (secondary N) is 1. The van der Waals surface area contributed by atoms with Gasteiger partial charge in [0.15, 0.2) is 0 Å². The SMILES string of the molecule is O=C1NC(=O)C2C=CC=CC2O1. The van der Waals surface area contributed by atoms with E-state index in [1.807, 2.05) is 0 Å². The number of carbonyl (C=O) groups is 2. The standard InChI is InChI=1S/C8H7NO3/c10-7-5-3-1-2-4-6(5)12-8(11)9-7/h1-6H,(H,9,10,11). The second-order valence-corrected chi connectivity index (χ2v) is 2.65. The van der Waals surface area contributed by atoms with Crippen molar-refractivity contribution in [2.24, 2.45) is 5.92 Å². The highest BCUT2D eigenvalue weighted by atomic mass is 16.6. The Labute approximate surface area is 68.9 Å². The van der Waals surface area contributed by atoms with Gasteiger partial charge in [0, 0.05) is 0 Å². The zero-order valence-corrected chi connectivity index (χ0v) is 6.19. The van der Waals surface area contributed by atoms with Gasteiger partial charge < -0.3 is 4.74 Å². The van der Waals surface area contributed by atoms with E-state index in [-0.39, 0.29) is 11.8 Å². The van der Waals surface area contributed by atoms with Crippen molar-refractivity contribution >= 4 is 12.0 Å². The maximum Gasteiger partial charge on any atom is 0.414 e. The molecule has 12 heavy (non-hydrogen) atoms. The highest BCUT2D eigenvalue weighted by Gasteiger charge is 2.34. The first kappa shape index (κ1) is 7.09. The largest absolute Gasteiger partial charge is 0.440 e. The van der Waals surface area contributed by atoms with E-state index in [4.69, 9.17) is 4.74 Å². The summed E-state index contributed by atoms with van der Waals surface area (Å²) in [6.45, 7) is 0. The second-order valence-electron chi connectivity index (χ2n) is 2.65. The van der Waals surface area contributed by atoms with Gasteiger partial charge in [-0.2, -0.15) is 0 Å². The summed E-state index contributed by atoms with van der Waals surface area (Å²) in [7, 11) is 0. The molecule has 2 rings (SSSR count). The van der Waals surface area contributed by atoms with Crippen LogP contribution < -0.4 is 5.32 Å². The van der Waals surface area contributed by atoms with Crippen LogP contribution in [-0.2, 0) is 9.53 Å². The van der Waals surface area contributed by atoms with Gasteiger partial charge in [-0.15, -0.1) is 0 Å². The van der Waals surface area contributed by atoms with Gasteiger partial charge in [-0.1, -0.05) is 18.2 Å². The monoisotopic (exact) mass is 165 g/mol. The lowest BCUT2D eigenvalue weighted by Crippen LogP contribution is -2.48. The highest BCUT2D eigenvalue weighted by molar-refractivity contribution is 5.96. The number of imide groups is 1. The van der Waals surface area contributed by atoms with Crippen molar-refractivity contribution < 1.29 is 14.3 Å². The van der Waals surface area contributed by atoms with Gasteiger partial charge in [0.05, 0.1) is 5.92 Å². The van der Waals surface area contributed by atoms with Crippen LogP contribution in [0.5, 0.6) is 0 Å². The average molecular weight is 165 g/mol. The van der Waals surface area contributed by atoms with Crippen LogP contribution in [0.1, 0.15) is 0 Å². The zero-order valence-electron chi connectivity index (χ0n) is 6.19. The van der Waals surface area contributed by atoms with Crippen LogP contribution in [0, 0.1) is 5.92 Å². The highest BCUT2D eigenvalue weighted by Crippen LogP contribution is 2.19. The van der Waals surface area contributed by atoms with Crippen LogP contribution >= 0.6 is 0 Å². The minimum atomic E-state index is -0.666. The summed E-state index contributed by atoms with van der Waals surface area (Å²) in [6, 6.07) is 0. The summed E-state index contributed by atoms with van der Waals surface area (Å²) in [6.07, 6.45) is 5.85. The van der Waals surface area contributed by atoms with Gasteiger partial charge in [-0.25, -0.2) is 4.79 Å². The Hall–Kier alpha value is -1.58. The molecule has 4 heteroatoms. The molecular weight excluding hydrogens is 158 g/mol. The number of allylic oxidation sites excluding steroid dienone is 2. The van der Waals surface area contributed by atoms with Crippen molar-refractivity contribution in [3.63, 3.8) is 0 Å². The third-order valence-corrected chi connectivity index (χ3v) is 1.86. The topological polar surface area (TPSA) is 55.4 Å². The van der Waals surface area contributed by atoms with Crippen LogP contribution in [0.2, 0.25) is 0 Å². The molecule has 2 aliphatic rings. The minimum absolute atomic E-state index is 0.295. The predicted octanol–water partition coefficient (Wildman–Crippen LogP) is 0.364. The van der Waals surface area contributed by atoms with Crippen LogP contribution in [-0.4, -0.2) is 18.1 Å². The number of hydrogen-bond donors (Lipinski definition) is 1. The fourth-order valence-corrected chi connectivity index (χ4v) is 1.27. The lowest BCUT2D eigenvalue weighted by Gasteiger charge is -2.27. The molecule has 0 aromatic heterocycles. The molecule has 1 aliphatic carbocycles. The summed E-state index contributed by atoms with van der Waals surface area (Å²) >= 11 is 0. The van der Waals surface area contributed by atoms with Gasteiger partial charge in [-0.05, 0) is 6.08 Å². The Morgan fingerprint density at radius 1 is 1.25 bits per heavy atom. The van der Waals surface area contributed by atoms with Crippen molar-refractivity contribution in [3.8, 4) is 0 Å². The first-order valence-electron chi connectivity index (χ1n) is 3.64. The van der Waals surface area contributed by atoms with Crippen LogP contribution in [0.4, 0.5) is 4.79 Å². The normalized spacial score (nSPS) is 32.3. The van der Waals surface area contributed by atoms with Crippen molar-refractivity contribution in [2.45, 2.75) is 6.10 Å². The third kappa shape index (κ3) is 1.01. The number of rotatable bonds is 0. The Morgan fingerprint density at radius 3 is 2.83 bits per heavy atom. The van der Waals surface area contributed by atoms with Gasteiger partial charge in [0.1, 0.15) is 6.10 Å². The molecule has 1 N–H and O–H groups in total. The average Bonchev–Trinajstić information content (AvgIpc) is 2.04. The van der Waals surface area contributed by atoms with Crippen molar-refractivity contribution in [1.82, 2.24) is 5.32 Å². The molecule has 1 aliphatic heterocycles. The lowest BCUT2D eigenvalue weighted by atomic mass is 9.96. The first-order valence-corrected chi connectivity index (χ1v) is 3.64. The summed E-state index contributed by atoms with van der Waals surface area (Å²) in [5.74, 6) is -0.649. The van der Waals surface area contributed by atoms with E-state index < -0.39 is 12.2 Å². The molecule has 0 aromatic carbocycles. The van der Waals surface area contributed by atoms with E-state index in [9.17, 15) is 9.59 Å². The van der Waals surface area contributed by atoms with E-state index in [0.29, 0.717) is 0 Å². The fourth-order valence-electron chi connectivity index (χ4n) is 1.27. The van der Waals surface area contributed by atoms with Gasteiger partial charge in [0.2, 0.25) is 5.91 Å². The summed E-state index contributed by atoms with van der Waals surface area (Å²) in [4.78, 5) is 21.9. The smallest absolute Gasteiger partial charge is 0.414 e. The minimum Gasteiger partial charge on any atom is -0.440 e. The number of fused-ring (bicyclic) bond motifs is 1. The van der Waals surface area contributed by atoms with E-state index in [1.165, 1.54) is 0 Å². The predicted molar refractivity (Wildman–Crippen MR) is 40.2 cm³/mol. The molecule has 2 amide bonds. The molecule has 0 aromatic rings. The Bertz CT molecular complexity index is 293. The number of amides is 2. The molecule has 0 radical (unpaired) electrons. The zero-order chi connectivity index (χ0) is 8.55. The molecule has 1 saturated heterocycles. The van der Waals surface area contributed by atoms with Crippen molar-refractivity contribution in [1.29, 1.82) is 0 Å². The lowest BCUT2D eigenvalue weighted by molar-refractivity contribution is -0.128. The van der Waals surface area contributed by atoms with E-state index in [1.54, 1.807) is 24.3 Å². The molecule has 1 fully saturated rings. The first-order chi connectivity index (χ1) is 5.77. The second kappa shape index (κ2) is 2.48. The van der Waals surface area contributed by atoms with Crippen LogP contribution in [0.15, 0.2) is 24.3 Å². The molecule has 62 valence electrons. The molecular formula is C8H7NO3. The van der Waals surface area contributed by atoms with Crippen LogP contribution in [0.3, 0.4) is 0 Å². The molecule has 0 bridgehead atoms. The van der Waals surface area contributed by atoms with Gasteiger partial charge in [-0.3, -0.25) is 10.1 Å². The quantitative estimate of drug-likeness (QED) is 0.564. The number of carbonyl (C=O) groups excluding carboxylic acids is 2. The van der Waals surface area contributed by atoms with Gasteiger partial charge in [0.25, 0.3) is 0 Å². The Kier molecular flexibility index (Phi) is 1.46. The Morgan fingerprint density at radius 2 is 2.00 bits per heavy atom. The number of alkyl carbamates (subject to hydrolysis) is 1. The molecule has 2 unspecified atom stereocenters. The molecule has 4 nitrogen and oxygen atoms in total. The maximum atomic E-state index is 11.1. The third-order valence-electron chi connectivity index (χ3n) is 1.86. The maximum absolute atomic E-state index is 11.1. The number of ether oxygens (including phenoxy) is 1. The summed E-state index contributed by atoms with van der Waals surface area (Å²) in [5.41, 5.74) is 0. The number of hydrogen-bond acceptors (Lipinski definition) is 3. The molecule has 2 atom stereocenters. The van der Waals surface area contributed by atoms with Crippen molar-refractivity contribution in [3.05, 3.63) is 24.3 Å². The van der Waals surface area contributed by atoms with Gasteiger partial charge >= 0.3 is 6.09 Å². The fraction of sp³-hybridized carbons (Fsp3) is 0.250. The van der Waals surface area contributed by atoms with Crippen molar-refractivity contribution in [2.75, 3.05) is 0 Å². The van der Waals surface area contributed by atoms with Crippen LogP contribution in [0.25, 0.3) is 0 Å².